The lowest BCUT2D eigenvalue weighted by molar-refractivity contribution is 0.254. The fraction of sp³-hybridized carbons (Fsp3) is 0.909. The summed E-state index contributed by atoms with van der Waals surface area (Å²) >= 11 is 0. The van der Waals surface area contributed by atoms with E-state index >= 15 is 0 Å². The number of aromatic nitrogens is 4. The molecule has 0 bridgehead atoms. The largest absolute Gasteiger partial charge is 0.303 e. The topological polar surface area (TPSA) is 69.7 Å². The molecule has 0 radical (unpaired) electrons. The summed E-state index contributed by atoms with van der Waals surface area (Å²) in [6.45, 7) is 5.59. The Morgan fingerprint density at radius 3 is 2.94 bits per heavy atom. The number of rotatable bonds is 4. The highest BCUT2D eigenvalue weighted by atomic mass is 15.5. The zero-order valence-corrected chi connectivity index (χ0v) is 10.4. The molecule has 0 amide bonds. The Morgan fingerprint density at radius 2 is 2.29 bits per heavy atom. The molecule has 1 saturated carbocycles. The summed E-state index contributed by atoms with van der Waals surface area (Å²) in [5, 5.41) is 17.7. The van der Waals surface area contributed by atoms with E-state index in [0.29, 0.717) is 12.1 Å². The standard InChI is InChI=1S/C11H20N6/c1-7-5-9(6-17(7)10-3-4-10)12-8(2)11-13-15-16-14-11/h7-10,12H,3-6H2,1-2H3,(H,13,14,15,16). The van der Waals surface area contributed by atoms with Crippen molar-refractivity contribution in [3.05, 3.63) is 5.82 Å². The van der Waals surface area contributed by atoms with Gasteiger partial charge in [0.05, 0.1) is 6.04 Å². The number of hydrogen-bond acceptors (Lipinski definition) is 5. The quantitative estimate of drug-likeness (QED) is 0.795. The van der Waals surface area contributed by atoms with Crippen LogP contribution in [0.2, 0.25) is 0 Å². The highest BCUT2D eigenvalue weighted by Crippen LogP contribution is 2.33. The molecule has 1 aromatic rings. The van der Waals surface area contributed by atoms with Gasteiger partial charge in [0.2, 0.25) is 0 Å². The minimum Gasteiger partial charge on any atom is -0.303 e. The van der Waals surface area contributed by atoms with Gasteiger partial charge in [-0.3, -0.25) is 4.90 Å². The zero-order chi connectivity index (χ0) is 11.8. The molecule has 6 nitrogen and oxygen atoms in total. The van der Waals surface area contributed by atoms with Crippen LogP contribution in [0.5, 0.6) is 0 Å². The highest BCUT2D eigenvalue weighted by molar-refractivity contribution is 4.98. The van der Waals surface area contributed by atoms with Gasteiger partial charge in [-0.15, -0.1) is 10.2 Å². The van der Waals surface area contributed by atoms with Gasteiger partial charge in [0.15, 0.2) is 5.82 Å². The van der Waals surface area contributed by atoms with Crippen molar-refractivity contribution in [1.29, 1.82) is 0 Å². The lowest BCUT2D eigenvalue weighted by Gasteiger charge is -2.20. The smallest absolute Gasteiger partial charge is 0.191 e. The number of hydrogen-bond donors (Lipinski definition) is 2. The van der Waals surface area contributed by atoms with Crippen LogP contribution < -0.4 is 5.32 Å². The van der Waals surface area contributed by atoms with Gasteiger partial charge in [0.25, 0.3) is 0 Å². The number of H-pyrrole nitrogens is 1. The molecule has 94 valence electrons. The van der Waals surface area contributed by atoms with Crippen LogP contribution in [0.25, 0.3) is 0 Å². The molecule has 3 rings (SSSR count). The van der Waals surface area contributed by atoms with Crippen molar-refractivity contribution in [3.8, 4) is 0 Å². The van der Waals surface area contributed by atoms with Crippen LogP contribution in [0.4, 0.5) is 0 Å². The number of nitrogens with zero attached hydrogens (tertiary/aromatic N) is 4. The number of aromatic amines is 1. The zero-order valence-electron chi connectivity index (χ0n) is 10.4. The van der Waals surface area contributed by atoms with E-state index < -0.39 is 0 Å². The van der Waals surface area contributed by atoms with Gasteiger partial charge >= 0.3 is 0 Å². The molecular weight excluding hydrogens is 216 g/mol. The number of nitrogens with one attached hydrogen (secondary N) is 2. The molecule has 1 saturated heterocycles. The second-order valence-corrected chi connectivity index (χ2v) is 5.37. The van der Waals surface area contributed by atoms with Crippen LogP contribution >= 0.6 is 0 Å². The molecule has 1 aliphatic carbocycles. The van der Waals surface area contributed by atoms with Crippen LogP contribution in [-0.4, -0.2) is 50.2 Å². The van der Waals surface area contributed by atoms with E-state index in [1.165, 1.54) is 19.3 Å². The molecule has 3 atom stereocenters. The molecular formula is C11H20N6. The third-order valence-electron chi connectivity index (χ3n) is 3.87. The Kier molecular flexibility index (Phi) is 2.84. The monoisotopic (exact) mass is 236 g/mol. The second kappa shape index (κ2) is 4.34. The predicted octanol–water partition coefficient (Wildman–Crippen LogP) is 0.476. The van der Waals surface area contributed by atoms with E-state index in [1.54, 1.807) is 0 Å². The summed E-state index contributed by atoms with van der Waals surface area (Å²) < 4.78 is 0. The summed E-state index contributed by atoms with van der Waals surface area (Å²) in [6.07, 6.45) is 3.99. The van der Waals surface area contributed by atoms with Crippen molar-refractivity contribution in [1.82, 2.24) is 30.8 Å². The Balaban J connectivity index is 1.56. The Morgan fingerprint density at radius 1 is 1.47 bits per heavy atom. The molecule has 6 heteroatoms. The van der Waals surface area contributed by atoms with Crippen LogP contribution in [0, 0.1) is 0 Å². The van der Waals surface area contributed by atoms with Crippen molar-refractivity contribution in [2.45, 2.75) is 57.3 Å². The average Bonchev–Trinajstić information content (AvgIpc) is 2.86. The van der Waals surface area contributed by atoms with Crippen LogP contribution in [-0.2, 0) is 0 Å². The van der Waals surface area contributed by atoms with E-state index in [9.17, 15) is 0 Å². The minimum atomic E-state index is 0.171. The van der Waals surface area contributed by atoms with Crippen LogP contribution in [0.3, 0.4) is 0 Å². The molecule has 2 heterocycles. The first kappa shape index (κ1) is 11.1. The van der Waals surface area contributed by atoms with Crippen molar-refractivity contribution in [2.24, 2.45) is 0 Å². The van der Waals surface area contributed by atoms with Gasteiger partial charge < -0.3 is 5.32 Å². The Bertz CT molecular complexity index is 360. The normalized spacial score (nSPS) is 31.9. The van der Waals surface area contributed by atoms with Gasteiger partial charge in [-0.2, -0.15) is 5.21 Å². The van der Waals surface area contributed by atoms with E-state index in [4.69, 9.17) is 0 Å². The van der Waals surface area contributed by atoms with Crippen LogP contribution in [0.1, 0.15) is 45.0 Å². The molecule has 2 fully saturated rings. The first-order valence-electron chi connectivity index (χ1n) is 6.49. The van der Waals surface area contributed by atoms with E-state index in [1.807, 2.05) is 0 Å². The van der Waals surface area contributed by atoms with Crippen molar-refractivity contribution < 1.29 is 0 Å². The molecule has 0 aromatic carbocycles. The van der Waals surface area contributed by atoms with E-state index in [-0.39, 0.29) is 6.04 Å². The summed E-state index contributed by atoms with van der Waals surface area (Å²) in [4.78, 5) is 2.64. The SMILES string of the molecule is CC(NC1CC(C)N(C2CC2)C1)c1nn[nH]n1. The summed E-state index contributed by atoms with van der Waals surface area (Å²) in [5.74, 6) is 0.752. The highest BCUT2D eigenvalue weighted by Gasteiger charge is 2.39. The fourth-order valence-corrected chi connectivity index (χ4v) is 2.87. The lowest BCUT2D eigenvalue weighted by atomic mass is 10.1. The maximum Gasteiger partial charge on any atom is 0.191 e. The maximum atomic E-state index is 4.02. The van der Waals surface area contributed by atoms with E-state index in [0.717, 1.165) is 18.4 Å². The van der Waals surface area contributed by atoms with Gasteiger partial charge in [0, 0.05) is 24.7 Å². The molecule has 2 aliphatic rings. The van der Waals surface area contributed by atoms with Crippen LogP contribution in [0.15, 0.2) is 0 Å². The van der Waals surface area contributed by atoms with Gasteiger partial charge in [0.1, 0.15) is 0 Å². The summed E-state index contributed by atoms with van der Waals surface area (Å²) in [7, 11) is 0. The summed E-state index contributed by atoms with van der Waals surface area (Å²) in [5.41, 5.74) is 0. The third kappa shape index (κ3) is 2.32. The molecule has 0 spiro atoms. The fourth-order valence-electron chi connectivity index (χ4n) is 2.87. The predicted molar refractivity (Wildman–Crippen MR) is 63.3 cm³/mol. The molecule has 1 aliphatic heterocycles. The average molecular weight is 236 g/mol. The maximum absolute atomic E-state index is 4.02. The van der Waals surface area contributed by atoms with Gasteiger partial charge in [-0.25, -0.2) is 0 Å². The lowest BCUT2D eigenvalue weighted by Crippen LogP contribution is -2.35. The second-order valence-electron chi connectivity index (χ2n) is 5.37. The minimum absolute atomic E-state index is 0.171. The van der Waals surface area contributed by atoms with Crippen molar-refractivity contribution >= 4 is 0 Å². The molecule has 1 aromatic heterocycles. The number of likely N-dealkylation sites (tertiary alicyclic amines) is 1. The third-order valence-corrected chi connectivity index (χ3v) is 3.87. The van der Waals surface area contributed by atoms with Crippen molar-refractivity contribution in [3.63, 3.8) is 0 Å². The summed E-state index contributed by atoms with van der Waals surface area (Å²) in [6, 6.07) is 2.29. The molecule has 2 N–H and O–H groups in total. The molecule has 3 unspecified atom stereocenters. The Hall–Kier alpha value is -1.01. The van der Waals surface area contributed by atoms with Crippen molar-refractivity contribution in [2.75, 3.05) is 6.54 Å². The molecule has 17 heavy (non-hydrogen) atoms. The number of tetrazole rings is 1. The van der Waals surface area contributed by atoms with E-state index in [2.05, 4.69) is 44.7 Å². The first-order chi connectivity index (χ1) is 8.24. The Labute approximate surface area is 101 Å². The van der Waals surface area contributed by atoms with Gasteiger partial charge in [-0.1, -0.05) is 5.21 Å². The van der Waals surface area contributed by atoms with Gasteiger partial charge in [-0.05, 0) is 33.1 Å². The first-order valence-corrected chi connectivity index (χ1v) is 6.49.